The molecule has 0 bridgehead atoms. The normalized spacial score (nSPS) is 12.2. The molecule has 0 saturated carbocycles. The molecule has 0 unspecified atom stereocenters. The highest BCUT2D eigenvalue weighted by atomic mass is 16.2. The lowest BCUT2D eigenvalue weighted by Crippen LogP contribution is -2.27. The van der Waals surface area contributed by atoms with E-state index in [1.807, 2.05) is 60.3 Å². The molecule has 25 heavy (non-hydrogen) atoms. The predicted octanol–water partition coefficient (Wildman–Crippen LogP) is 2.41. The van der Waals surface area contributed by atoms with Crippen LogP contribution in [0.5, 0.6) is 0 Å². The van der Waals surface area contributed by atoms with Crippen molar-refractivity contribution in [1.29, 1.82) is 0 Å². The average Bonchev–Trinajstić information content (AvgIpc) is 3.31. The number of carbonyl (C=O) groups is 1. The van der Waals surface area contributed by atoms with Gasteiger partial charge in [0.05, 0.1) is 6.04 Å². The maximum atomic E-state index is 12.4. The summed E-state index contributed by atoms with van der Waals surface area (Å²) in [6.07, 6.45) is 7.29. The molecule has 0 spiro atoms. The molecular weight excluding hydrogens is 316 g/mol. The first kappa shape index (κ1) is 15.1. The number of fused-ring (bicyclic) bond motifs is 1. The maximum absolute atomic E-state index is 12.4. The summed E-state index contributed by atoms with van der Waals surface area (Å²) in [6.45, 7) is 1.93. The van der Waals surface area contributed by atoms with Crippen molar-refractivity contribution < 1.29 is 4.79 Å². The Bertz CT molecular complexity index is 971. The predicted molar refractivity (Wildman–Crippen MR) is 92.4 cm³/mol. The largest absolute Gasteiger partial charge is 0.343 e. The lowest BCUT2D eigenvalue weighted by molar-refractivity contribution is 0.0929. The van der Waals surface area contributed by atoms with Crippen molar-refractivity contribution in [2.75, 3.05) is 0 Å². The SMILES string of the molecule is C[C@H](NC(=O)c1nc2ncccn2n1)c1ccc(-n2cccc2)cc1. The zero-order chi connectivity index (χ0) is 17.2. The van der Waals surface area contributed by atoms with E-state index in [0.717, 1.165) is 11.3 Å². The monoisotopic (exact) mass is 332 g/mol. The van der Waals surface area contributed by atoms with Gasteiger partial charge in [-0.25, -0.2) is 9.50 Å². The summed E-state index contributed by atoms with van der Waals surface area (Å²) in [4.78, 5) is 20.6. The van der Waals surface area contributed by atoms with Gasteiger partial charge in [-0.1, -0.05) is 12.1 Å². The highest BCUT2D eigenvalue weighted by molar-refractivity contribution is 5.91. The second-order valence-corrected chi connectivity index (χ2v) is 5.68. The first-order valence-corrected chi connectivity index (χ1v) is 7.92. The Kier molecular flexibility index (Phi) is 3.74. The van der Waals surface area contributed by atoms with Gasteiger partial charge in [0.2, 0.25) is 5.82 Å². The van der Waals surface area contributed by atoms with Crippen LogP contribution in [0.3, 0.4) is 0 Å². The lowest BCUT2D eigenvalue weighted by Gasteiger charge is -2.14. The Balaban J connectivity index is 1.49. The van der Waals surface area contributed by atoms with Crippen molar-refractivity contribution in [2.24, 2.45) is 0 Å². The van der Waals surface area contributed by atoms with Gasteiger partial charge in [0.15, 0.2) is 0 Å². The quantitative estimate of drug-likeness (QED) is 0.622. The molecule has 1 N–H and O–H groups in total. The zero-order valence-corrected chi connectivity index (χ0v) is 13.6. The van der Waals surface area contributed by atoms with Gasteiger partial charge in [0.1, 0.15) is 0 Å². The Hall–Kier alpha value is -3.48. The molecular formula is C18H16N6O. The number of hydrogen-bond donors (Lipinski definition) is 1. The van der Waals surface area contributed by atoms with Crippen LogP contribution in [-0.4, -0.2) is 30.1 Å². The van der Waals surface area contributed by atoms with Crippen molar-refractivity contribution >= 4 is 11.7 Å². The van der Waals surface area contributed by atoms with Gasteiger partial charge < -0.3 is 9.88 Å². The molecule has 0 saturated heterocycles. The number of rotatable bonds is 4. The summed E-state index contributed by atoms with van der Waals surface area (Å²) in [6, 6.07) is 13.6. The van der Waals surface area contributed by atoms with Gasteiger partial charge in [-0.2, -0.15) is 4.98 Å². The van der Waals surface area contributed by atoms with Gasteiger partial charge in [0, 0.05) is 30.5 Å². The number of hydrogen-bond acceptors (Lipinski definition) is 4. The molecule has 0 radical (unpaired) electrons. The fraction of sp³-hybridized carbons (Fsp3) is 0.111. The van der Waals surface area contributed by atoms with Crippen molar-refractivity contribution in [2.45, 2.75) is 13.0 Å². The topological polar surface area (TPSA) is 77.1 Å². The van der Waals surface area contributed by atoms with Gasteiger partial charge in [0.25, 0.3) is 11.7 Å². The number of amides is 1. The number of aromatic nitrogens is 5. The average molecular weight is 332 g/mol. The second-order valence-electron chi connectivity index (χ2n) is 5.68. The Morgan fingerprint density at radius 1 is 1.08 bits per heavy atom. The number of carbonyl (C=O) groups excluding carboxylic acids is 1. The van der Waals surface area contributed by atoms with Gasteiger partial charge in [-0.05, 0) is 42.8 Å². The maximum Gasteiger partial charge on any atom is 0.291 e. The molecule has 4 aromatic rings. The van der Waals surface area contributed by atoms with E-state index in [4.69, 9.17) is 0 Å². The number of benzene rings is 1. The Morgan fingerprint density at radius 3 is 2.56 bits per heavy atom. The standard InChI is InChI=1S/C18H16N6O/c1-13(14-5-7-15(8-6-14)23-10-2-3-11-23)20-17(25)16-21-18-19-9-4-12-24(18)22-16/h2-13H,1H3,(H,20,25)/t13-/m0/s1. The second kappa shape index (κ2) is 6.20. The Labute approximate surface area is 144 Å². The summed E-state index contributed by atoms with van der Waals surface area (Å²) in [5.41, 5.74) is 2.08. The molecule has 0 aliphatic heterocycles. The third-order valence-corrected chi connectivity index (χ3v) is 3.96. The summed E-state index contributed by atoms with van der Waals surface area (Å²) in [5.74, 6) is 0.179. The van der Waals surface area contributed by atoms with Gasteiger partial charge in [-0.3, -0.25) is 4.79 Å². The van der Waals surface area contributed by atoms with Crippen LogP contribution in [-0.2, 0) is 0 Å². The van der Waals surface area contributed by atoms with E-state index < -0.39 is 0 Å². The van der Waals surface area contributed by atoms with Crippen LogP contribution in [0.1, 0.15) is 29.1 Å². The van der Waals surface area contributed by atoms with Crippen LogP contribution in [0, 0.1) is 0 Å². The molecule has 4 rings (SSSR count). The first-order chi connectivity index (χ1) is 12.2. The van der Waals surface area contributed by atoms with Crippen LogP contribution < -0.4 is 5.32 Å². The third kappa shape index (κ3) is 2.99. The molecule has 3 heterocycles. The van der Waals surface area contributed by atoms with Crippen LogP contribution in [0.25, 0.3) is 11.5 Å². The van der Waals surface area contributed by atoms with Crippen molar-refractivity contribution in [3.63, 3.8) is 0 Å². The summed E-state index contributed by atoms with van der Waals surface area (Å²) in [5, 5.41) is 7.05. The molecule has 7 heteroatoms. The van der Waals surface area contributed by atoms with Gasteiger partial charge >= 0.3 is 0 Å². The minimum Gasteiger partial charge on any atom is -0.343 e. The van der Waals surface area contributed by atoms with E-state index >= 15 is 0 Å². The number of nitrogens with zero attached hydrogens (tertiary/aromatic N) is 5. The van der Waals surface area contributed by atoms with Crippen LogP contribution in [0.4, 0.5) is 0 Å². The Morgan fingerprint density at radius 2 is 1.84 bits per heavy atom. The molecule has 0 fully saturated rings. The number of nitrogens with one attached hydrogen (secondary N) is 1. The highest BCUT2D eigenvalue weighted by Gasteiger charge is 2.16. The van der Waals surface area contributed by atoms with E-state index in [1.54, 1.807) is 18.5 Å². The smallest absolute Gasteiger partial charge is 0.291 e. The van der Waals surface area contributed by atoms with Crippen molar-refractivity contribution in [3.05, 3.63) is 78.6 Å². The minimum absolute atomic E-state index is 0.106. The van der Waals surface area contributed by atoms with Crippen LogP contribution >= 0.6 is 0 Å². The van der Waals surface area contributed by atoms with Gasteiger partial charge in [-0.15, -0.1) is 5.10 Å². The third-order valence-electron chi connectivity index (χ3n) is 3.96. The minimum atomic E-state index is -0.326. The molecule has 0 aliphatic rings. The fourth-order valence-corrected chi connectivity index (χ4v) is 2.62. The van der Waals surface area contributed by atoms with Crippen LogP contribution in [0.2, 0.25) is 0 Å². The van der Waals surface area contributed by atoms with Crippen molar-refractivity contribution in [1.82, 2.24) is 29.5 Å². The summed E-state index contributed by atoms with van der Waals surface area (Å²) >= 11 is 0. The molecule has 0 aliphatic carbocycles. The highest BCUT2D eigenvalue weighted by Crippen LogP contribution is 2.16. The van der Waals surface area contributed by atoms with Crippen molar-refractivity contribution in [3.8, 4) is 5.69 Å². The van der Waals surface area contributed by atoms with E-state index in [0.29, 0.717) is 5.78 Å². The molecule has 3 aromatic heterocycles. The molecule has 1 amide bonds. The van der Waals surface area contributed by atoms with E-state index in [1.165, 1.54) is 4.52 Å². The molecule has 1 atom stereocenters. The summed E-state index contributed by atoms with van der Waals surface area (Å²) < 4.78 is 3.51. The molecule has 7 nitrogen and oxygen atoms in total. The molecule has 124 valence electrons. The van der Waals surface area contributed by atoms with Crippen LogP contribution in [0.15, 0.2) is 67.3 Å². The van der Waals surface area contributed by atoms with E-state index in [2.05, 4.69) is 20.4 Å². The fourth-order valence-electron chi connectivity index (χ4n) is 2.62. The summed E-state index contributed by atoms with van der Waals surface area (Å²) in [7, 11) is 0. The van der Waals surface area contributed by atoms with E-state index in [-0.39, 0.29) is 17.8 Å². The lowest BCUT2D eigenvalue weighted by atomic mass is 10.1. The zero-order valence-electron chi connectivity index (χ0n) is 13.6. The first-order valence-electron chi connectivity index (χ1n) is 7.92. The van der Waals surface area contributed by atoms with E-state index in [9.17, 15) is 4.79 Å². The molecule has 1 aromatic carbocycles.